The molecule has 1 saturated heterocycles. The second-order valence-electron chi connectivity index (χ2n) is 11.1. The number of hydrogen-bond donors (Lipinski definition) is 4. The molecule has 1 aromatic carbocycles. The number of likely N-dealkylation sites (tertiary alicyclic amines) is 1. The highest BCUT2D eigenvalue weighted by atomic mass is 19.1. The minimum absolute atomic E-state index is 0.0795. The van der Waals surface area contributed by atoms with Gasteiger partial charge in [0, 0.05) is 61.5 Å². The van der Waals surface area contributed by atoms with Gasteiger partial charge in [0.1, 0.15) is 17.4 Å². The second kappa shape index (κ2) is 17.6. The molecule has 1 amide bonds. The highest BCUT2D eigenvalue weighted by molar-refractivity contribution is 6.37. The Morgan fingerprint density at radius 2 is 1.81 bits per heavy atom. The molecule has 0 aliphatic carbocycles. The molecule has 3 heterocycles. The Hall–Kier alpha value is -3.50. The van der Waals surface area contributed by atoms with Gasteiger partial charge in [-0.2, -0.15) is 0 Å². The number of aromatic amines is 1. The van der Waals surface area contributed by atoms with Gasteiger partial charge in [0.2, 0.25) is 0 Å². The Kier molecular flexibility index (Phi) is 14.6. The summed E-state index contributed by atoms with van der Waals surface area (Å²) in [6.07, 6.45) is 9.23. The first-order valence-corrected chi connectivity index (χ1v) is 15.4. The van der Waals surface area contributed by atoms with Crippen molar-refractivity contribution >= 4 is 28.3 Å². The van der Waals surface area contributed by atoms with Crippen molar-refractivity contribution in [3.63, 3.8) is 0 Å². The Labute approximate surface area is 255 Å². The molecular weight excluding hydrogens is 547 g/mol. The number of piperidine rings is 1. The summed E-state index contributed by atoms with van der Waals surface area (Å²) in [6.45, 7) is 9.39. The SMILES string of the molecule is CC.CCC(=O)CCCCCCc1ncc(-c2cc3ccc(C)nc3cc2F)[nH]1.CN1CCC(O)(CC(=N)C(N)=O)CC1. The van der Waals surface area contributed by atoms with Crippen LogP contribution < -0.4 is 5.73 Å². The number of amides is 1. The summed E-state index contributed by atoms with van der Waals surface area (Å²) in [5.41, 5.74) is 6.62. The van der Waals surface area contributed by atoms with Crippen molar-refractivity contribution in [2.45, 2.75) is 97.5 Å². The summed E-state index contributed by atoms with van der Waals surface area (Å²) in [7, 11) is 1.99. The van der Waals surface area contributed by atoms with E-state index in [-0.39, 0.29) is 17.9 Å². The number of H-pyrrole nitrogens is 1. The number of aliphatic hydroxyl groups is 1. The second-order valence-corrected chi connectivity index (χ2v) is 11.1. The molecule has 1 aliphatic heterocycles. The molecule has 10 heteroatoms. The van der Waals surface area contributed by atoms with Gasteiger partial charge in [-0.05, 0) is 51.8 Å². The number of imidazole rings is 1. The number of hydrogen-bond acceptors (Lipinski definition) is 7. The molecule has 0 atom stereocenters. The van der Waals surface area contributed by atoms with Gasteiger partial charge in [0.15, 0.2) is 0 Å². The number of halogens is 1. The largest absolute Gasteiger partial charge is 0.389 e. The number of primary amides is 1. The number of pyridine rings is 1. The van der Waals surface area contributed by atoms with Gasteiger partial charge in [0.05, 0.1) is 28.7 Å². The minimum Gasteiger partial charge on any atom is -0.389 e. The molecule has 0 spiro atoms. The van der Waals surface area contributed by atoms with Crippen molar-refractivity contribution in [2.24, 2.45) is 5.73 Å². The number of carbonyl (C=O) groups is 2. The maximum Gasteiger partial charge on any atom is 0.262 e. The van der Waals surface area contributed by atoms with E-state index >= 15 is 0 Å². The van der Waals surface area contributed by atoms with Crippen LogP contribution in [0.1, 0.15) is 90.1 Å². The summed E-state index contributed by atoms with van der Waals surface area (Å²) in [5, 5.41) is 18.3. The number of rotatable bonds is 12. The number of aromatic nitrogens is 3. The van der Waals surface area contributed by atoms with Crippen LogP contribution in [0.15, 0.2) is 30.5 Å². The Bertz CT molecular complexity index is 1350. The number of nitrogens with zero attached hydrogens (tertiary/aromatic N) is 3. The van der Waals surface area contributed by atoms with Crippen LogP contribution in [0.25, 0.3) is 22.2 Å². The Balaban J connectivity index is 0.000000340. The van der Waals surface area contributed by atoms with E-state index in [4.69, 9.17) is 11.1 Å². The molecule has 43 heavy (non-hydrogen) atoms. The van der Waals surface area contributed by atoms with E-state index in [2.05, 4.69) is 19.9 Å². The normalized spacial score (nSPS) is 14.3. The first kappa shape index (κ1) is 35.7. The average Bonchev–Trinajstić information content (AvgIpc) is 3.46. The molecule has 0 radical (unpaired) electrons. The van der Waals surface area contributed by atoms with Crippen LogP contribution in [-0.4, -0.2) is 68.1 Å². The predicted octanol–water partition coefficient (Wildman–Crippen LogP) is 5.91. The monoisotopic (exact) mass is 596 g/mol. The third-order valence-corrected chi connectivity index (χ3v) is 7.57. The van der Waals surface area contributed by atoms with Gasteiger partial charge in [-0.3, -0.25) is 20.0 Å². The van der Waals surface area contributed by atoms with E-state index in [0.717, 1.165) is 62.1 Å². The van der Waals surface area contributed by atoms with Crippen LogP contribution >= 0.6 is 0 Å². The van der Waals surface area contributed by atoms with Gasteiger partial charge in [0.25, 0.3) is 5.91 Å². The standard InChI is InChI=1S/C22H26FN3O.C9H17N3O2.C2H6/c1-3-17(27)8-6-4-5-7-9-22-24-14-21(26-22)18-12-16-11-10-15(2)25-20(16)13-19(18)23;1-12-4-2-9(14,3-5-12)6-7(10)8(11)13;1-2/h10-14H,3-9H2,1-2H3,(H,24,26);10,14H,2-6H2,1H3,(H2,11,13);1-2H3. The number of fused-ring (bicyclic) bond motifs is 1. The molecular formula is C33H49FN6O3. The number of unbranched alkanes of at least 4 members (excludes halogenated alkanes) is 3. The van der Waals surface area contributed by atoms with Crippen LogP contribution in [0, 0.1) is 18.2 Å². The Morgan fingerprint density at radius 3 is 2.47 bits per heavy atom. The van der Waals surface area contributed by atoms with E-state index in [1.165, 1.54) is 6.07 Å². The first-order valence-electron chi connectivity index (χ1n) is 15.4. The van der Waals surface area contributed by atoms with E-state index in [9.17, 15) is 19.1 Å². The fraction of sp³-hybridized carbons (Fsp3) is 0.545. The lowest BCUT2D eigenvalue weighted by Crippen LogP contribution is -2.45. The van der Waals surface area contributed by atoms with Crippen LogP contribution in [0.4, 0.5) is 4.39 Å². The molecule has 5 N–H and O–H groups in total. The van der Waals surface area contributed by atoms with Gasteiger partial charge < -0.3 is 20.7 Å². The number of nitrogens with two attached hydrogens (primary N) is 1. The zero-order chi connectivity index (χ0) is 32.0. The maximum atomic E-state index is 14.5. The summed E-state index contributed by atoms with van der Waals surface area (Å²) < 4.78 is 14.5. The summed E-state index contributed by atoms with van der Waals surface area (Å²) in [4.78, 5) is 36.1. The molecule has 0 saturated carbocycles. The van der Waals surface area contributed by atoms with Gasteiger partial charge >= 0.3 is 0 Å². The average molecular weight is 597 g/mol. The Morgan fingerprint density at radius 1 is 1.14 bits per heavy atom. The zero-order valence-electron chi connectivity index (χ0n) is 26.4. The summed E-state index contributed by atoms with van der Waals surface area (Å²) in [6, 6.07) is 7.19. The minimum atomic E-state index is -0.904. The van der Waals surface area contributed by atoms with Gasteiger partial charge in [-0.25, -0.2) is 9.37 Å². The van der Waals surface area contributed by atoms with Crippen LogP contribution in [-0.2, 0) is 16.0 Å². The topological polar surface area (TPSA) is 149 Å². The van der Waals surface area contributed by atoms with E-state index in [1.54, 1.807) is 6.20 Å². The molecule has 2 aromatic heterocycles. The highest BCUT2D eigenvalue weighted by Crippen LogP contribution is 2.27. The van der Waals surface area contributed by atoms with Crippen molar-refractivity contribution in [3.8, 4) is 11.3 Å². The lowest BCUT2D eigenvalue weighted by Gasteiger charge is -2.36. The fourth-order valence-electron chi connectivity index (χ4n) is 4.85. The highest BCUT2D eigenvalue weighted by Gasteiger charge is 2.33. The van der Waals surface area contributed by atoms with Crippen molar-refractivity contribution < 1.29 is 19.1 Å². The quantitative estimate of drug-likeness (QED) is 0.151. The summed E-state index contributed by atoms with van der Waals surface area (Å²) >= 11 is 0. The molecule has 0 unspecified atom stereocenters. The number of Topliss-reactive ketones (excluding diaryl/α,β-unsaturated/α-hetero) is 1. The number of nitrogens with one attached hydrogen (secondary N) is 2. The van der Waals surface area contributed by atoms with E-state index in [0.29, 0.717) is 48.2 Å². The first-order chi connectivity index (χ1) is 20.5. The lowest BCUT2D eigenvalue weighted by atomic mass is 9.86. The smallest absolute Gasteiger partial charge is 0.262 e. The number of aryl methyl sites for hydroxylation is 2. The van der Waals surface area contributed by atoms with Gasteiger partial charge in [-0.15, -0.1) is 0 Å². The van der Waals surface area contributed by atoms with E-state index in [1.807, 2.05) is 52.9 Å². The molecule has 1 fully saturated rings. The van der Waals surface area contributed by atoms with Crippen molar-refractivity contribution in [3.05, 3.63) is 47.8 Å². The van der Waals surface area contributed by atoms with Crippen LogP contribution in [0.2, 0.25) is 0 Å². The van der Waals surface area contributed by atoms with E-state index < -0.39 is 11.5 Å². The van der Waals surface area contributed by atoms with Gasteiger partial charge in [-0.1, -0.05) is 39.7 Å². The predicted molar refractivity (Wildman–Crippen MR) is 171 cm³/mol. The van der Waals surface area contributed by atoms with Crippen molar-refractivity contribution in [1.82, 2.24) is 19.9 Å². The molecule has 9 nitrogen and oxygen atoms in total. The van der Waals surface area contributed by atoms with Crippen LogP contribution in [0.5, 0.6) is 0 Å². The van der Waals surface area contributed by atoms with Crippen LogP contribution in [0.3, 0.4) is 0 Å². The fourth-order valence-corrected chi connectivity index (χ4v) is 4.85. The third kappa shape index (κ3) is 11.6. The lowest BCUT2D eigenvalue weighted by molar-refractivity contribution is -0.118. The molecule has 4 rings (SSSR count). The van der Waals surface area contributed by atoms with Crippen molar-refractivity contribution in [1.29, 1.82) is 5.41 Å². The number of ketones is 1. The number of carbonyl (C=O) groups excluding carboxylic acids is 2. The third-order valence-electron chi connectivity index (χ3n) is 7.57. The van der Waals surface area contributed by atoms with Crippen molar-refractivity contribution in [2.75, 3.05) is 20.1 Å². The number of benzene rings is 1. The molecule has 3 aromatic rings. The maximum absolute atomic E-state index is 14.5. The molecule has 1 aliphatic rings. The molecule has 0 bridgehead atoms. The molecule has 236 valence electrons. The summed E-state index contributed by atoms with van der Waals surface area (Å²) in [5.74, 6) is 0.179. The zero-order valence-corrected chi connectivity index (χ0v) is 26.4.